The van der Waals surface area contributed by atoms with Crippen molar-refractivity contribution in [1.29, 1.82) is 0 Å². The Bertz CT molecular complexity index is 885. The Balaban J connectivity index is 3.65. The molecular weight excluding hydrogens is 703 g/mol. The van der Waals surface area contributed by atoms with Gasteiger partial charge in [-0.15, -0.1) is 0 Å². The van der Waals surface area contributed by atoms with Gasteiger partial charge in [0.25, 0.3) is 0 Å². The number of carbonyl (C=O) groups is 1. The van der Waals surface area contributed by atoms with Gasteiger partial charge in [-0.1, -0.05) is 217 Å². The first-order valence-electron chi connectivity index (χ1n) is 25.3. The average molecular weight is 802 g/mol. The van der Waals surface area contributed by atoms with Gasteiger partial charge in [0.2, 0.25) is 5.91 Å². The minimum absolute atomic E-state index is 0.161. The lowest BCUT2D eigenvalue weighted by Crippen LogP contribution is -2.50. The monoisotopic (exact) mass is 802 g/mol. The molecule has 0 spiro atoms. The van der Waals surface area contributed by atoms with Crippen molar-refractivity contribution in [3.05, 3.63) is 36.5 Å². The first-order valence-corrected chi connectivity index (χ1v) is 25.3. The lowest BCUT2D eigenvalue weighted by atomic mass is 10.0. The Hall–Kier alpha value is -1.43. The van der Waals surface area contributed by atoms with E-state index in [1.54, 1.807) is 0 Å². The van der Waals surface area contributed by atoms with Gasteiger partial charge in [-0.3, -0.25) is 4.79 Å². The third-order valence-corrected chi connectivity index (χ3v) is 11.7. The number of aliphatic hydroxyl groups excluding tert-OH is 3. The van der Waals surface area contributed by atoms with Crippen LogP contribution in [0.5, 0.6) is 0 Å². The van der Waals surface area contributed by atoms with Crippen molar-refractivity contribution < 1.29 is 20.1 Å². The maximum atomic E-state index is 12.5. The maximum absolute atomic E-state index is 12.5. The molecule has 0 saturated heterocycles. The van der Waals surface area contributed by atoms with E-state index in [1.165, 1.54) is 193 Å². The summed E-state index contributed by atoms with van der Waals surface area (Å²) in [4.78, 5) is 12.5. The highest BCUT2D eigenvalue weighted by atomic mass is 16.3. The van der Waals surface area contributed by atoms with Crippen molar-refractivity contribution in [2.75, 3.05) is 6.61 Å². The molecule has 0 aromatic carbocycles. The minimum Gasteiger partial charge on any atom is -0.394 e. The molecule has 0 heterocycles. The Morgan fingerprint density at radius 3 is 1.07 bits per heavy atom. The van der Waals surface area contributed by atoms with Gasteiger partial charge in [0, 0.05) is 6.42 Å². The topological polar surface area (TPSA) is 89.8 Å². The fraction of sp³-hybridized carbons (Fsp3) is 0.865. The van der Waals surface area contributed by atoms with Crippen LogP contribution in [0.1, 0.15) is 264 Å². The van der Waals surface area contributed by atoms with Gasteiger partial charge in [-0.2, -0.15) is 0 Å². The summed E-state index contributed by atoms with van der Waals surface area (Å²) < 4.78 is 0. The molecular formula is C52H99NO4. The van der Waals surface area contributed by atoms with Crippen molar-refractivity contribution in [3.63, 3.8) is 0 Å². The summed E-state index contributed by atoms with van der Waals surface area (Å²) in [6.45, 7) is 4.18. The third-order valence-electron chi connectivity index (χ3n) is 11.7. The SMILES string of the molecule is CCCCCCCCCCCCC/C=C\CCCCCCCCCC(=O)NC(CO)C(O)C(O)CCC/C=C/CC/C=C/CCCCCCCCCCCCCC. The normalized spacial score (nSPS) is 13.7. The van der Waals surface area contributed by atoms with Crippen LogP contribution in [0.15, 0.2) is 36.5 Å². The Morgan fingerprint density at radius 2 is 0.719 bits per heavy atom. The molecule has 1 amide bonds. The van der Waals surface area contributed by atoms with Crippen molar-refractivity contribution in [3.8, 4) is 0 Å². The molecule has 4 N–H and O–H groups in total. The molecule has 3 unspecified atom stereocenters. The highest BCUT2D eigenvalue weighted by molar-refractivity contribution is 5.76. The molecule has 0 radical (unpaired) electrons. The molecule has 0 aliphatic heterocycles. The van der Waals surface area contributed by atoms with Gasteiger partial charge in [0.05, 0.1) is 18.8 Å². The van der Waals surface area contributed by atoms with Gasteiger partial charge in [-0.25, -0.2) is 0 Å². The Labute approximate surface area is 355 Å². The highest BCUT2D eigenvalue weighted by Gasteiger charge is 2.26. The van der Waals surface area contributed by atoms with Crippen LogP contribution in [-0.2, 0) is 4.79 Å². The lowest BCUT2D eigenvalue weighted by Gasteiger charge is -2.26. The summed E-state index contributed by atoms with van der Waals surface area (Å²) in [6, 6.07) is -0.835. The quantitative estimate of drug-likeness (QED) is 0.0365. The summed E-state index contributed by atoms with van der Waals surface area (Å²) in [5.41, 5.74) is 0. The first kappa shape index (κ1) is 55.6. The molecule has 5 heteroatoms. The van der Waals surface area contributed by atoms with Crippen molar-refractivity contribution in [2.24, 2.45) is 0 Å². The zero-order valence-electron chi connectivity index (χ0n) is 38.2. The average Bonchev–Trinajstić information content (AvgIpc) is 3.22. The number of amides is 1. The summed E-state index contributed by atoms with van der Waals surface area (Å²) in [5, 5.41) is 33.6. The number of nitrogens with one attached hydrogen (secondary N) is 1. The summed E-state index contributed by atoms with van der Waals surface area (Å²) in [6.07, 6.45) is 59.9. The molecule has 0 aromatic rings. The Kier molecular flexibility index (Phi) is 46.1. The van der Waals surface area contributed by atoms with Crippen LogP contribution in [0.4, 0.5) is 0 Å². The predicted octanol–water partition coefficient (Wildman–Crippen LogP) is 15.1. The standard InChI is InChI=1S/C52H99NO4/c1-3-5-7-9-11-13-15-17-19-21-23-25-27-29-31-33-35-37-39-41-43-45-47-51(56)53-49(48-54)52(57)50(55)46-44-42-40-38-36-34-32-30-28-26-24-22-20-18-16-14-12-10-8-6-4-2/h27,29-30,32,38,40,49-50,52,54-55,57H,3-26,28,31,33-37,39,41-48H2,1-2H3,(H,53,56)/b29-27-,32-30+,40-38+. The van der Waals surface area contributed by atoms with Crippen LogP contribution in [0.3, 0.4) is 0 Å². The number of aliphatic hydroxyl groups is 3. The number of hydrogen-bond donors (Lipinski definition) is 4. The zero-order chi connectivity index (χ0) is 41.5. The van der Waals surface area contributed by atoms with Crippen molar-refractivity contribution in [1.82, 2.24) is 5.32 Å². The highest BCUT2D eigenvalue weighted by Crippen LogP contribution is 2.16. The van der Waals surface area contributed by atoms with Crippen molar-refractivity contribution in [2.45, 2.75) is 283 Å². The number of rotatable bonds is 46. The second-order valence-corrected chi connectivity index (χ2v) is 17.4. The van der Waals surface area contributed by atoms with Gasteiger partial charge in [-0.05, 0) is 77.0 Å². The van der Waals surface area contributed by atoms with Gasteiger partial charge in [0.15, 0.2) is 0 Å². The molecule has 336 valence electrons. The largest absolute Gasteiger partial charge is 0.394 e. The molecule has 3 atom stereocenters. The molecule has 57 heavy (non-hydrogen) atoms. The van der Waals surface area contributed by atoms with E-state index >= 15 is 0 Å². The van der Waals surface area contributed by atoms with Crippen LogP contribution < -0.4 is 5.32 Å². The summed E-state index contributed by atoms with van der Waals surface area (Å²) >= 11 is 0. The first-order chi connectivity index (χ1) is 28.1. The number of hydrogen-bond acceptors (Lipinski definition) is 4. The van der Waals surface area contributed by atoms with Gasteiger partial charge in [0.1, 0.15) is 6.10 Å². The molecule has 0 bridgehead atoms. The smallest absolute Gasteiger partial charge is 0.220 e. The van der Waals surface area contributed by atoms with E-state index in [-0.39, 0.29) is 12.5 Å². The number of carbonyl (C=O) groups excluding carboxylic acids is 1. The van der Waals surface area contributed by atoms with E-state index < -0.39 is 18.2 Å². The minimum atomic E-state index is -1.17. The summed E-state index contributed by atoms with van der Waals surface area (Å²) in [7, 11) is 0. The molecule has 0 fully saturated rings. The van der Waals surface area contributed by atoms with E-state index in [0.29, 0.717) is 12.8 Å². The number of unbranched alkanes of at least 4 members (excludes halogenated alkanes) is 32. The second-order valence-electron chi connectivity index (χ2n) is 17.4. The predicted molar refractivity (Wildman–Crippen MR) is 250 cm³/mol. The number of allylic oxidation sites excluding steroid dienone is 6. The fourth-order valence-electron chi connectivity index (χ4n) is 7.76. The van der Waals surface area contributed by atoms with Crippen molar-refractivity contribution >= 4 is 5.91 Å². The molecule has 5 nitrogen and oxygen atoms in total. The van der Waals surface area contributed by atoms with Crippen LogP contribution in [-0.4, -0.2) is 46.1 Å². The Morgan fingerprint density at radius 1 is 0.421 bits per heavy atom. The van der Waals surface area contributed by atoms with Gasteiger partial charge >= 0.3 is 0 Å². The van der Waals surface area contributed by atoms with Gasteiger partial charge < -0.3 is 20.6 Å². The van der Waals surface area contributed by atoms with Crippen LogP contribution in [0.25, 0.3) is 0 Å². The fourth-order valence-corrected chi connectivity index (χ4v) is 7.76. The second kappa shape index (κ2) is 47.3. The van der Waals surface area contributed by atoms with E-state index in [2.05, 4.69) is 55.6 Å². The maximum Gasteiger partial charge on any atom is 0.220 e. The molecule has 0 aliphatic rings. The van der Waals surface area contributed by atoms with E-state index in [4.69, 9.17) is 0 Å². The third kappa shape index (κ3) is 42.5. The zero-order valence-corrected chi connectivity index (χ0v) is 38.2. The molecule has 0 saturated carbocycles. The van der Waals surface area contributed by atoms with Crippen LogP contribution in [0, 0.1) is 0 Å². The molecule has 0 aromatic heterocycles. The summed E-state index contributed by atoms with van der Waals surface area (Å²) in [5.74, 6) is -0.161. The molecule has 0 aliphatic carbocycles. The van der Waals surface area contributed by atoms with E-state index in [1.807, 2.05) is 0 Å². The van der Waals surface area contributed by atoms with Crippen LogP contribution in [0.2, 0.25) is 0 Å². The molecule has 0 rings (SSSR count). The van der Waals surface area contributed by atoms with Crippen LogP contribution >= 0.6 is 0 Å². The van der Waals surface area contributed by atoms with E-state index in [0.717, 1.165) is 44.9 Å². The lowest BCUT2D eigenvalue weighted by molar-refractivity contribution is -0.124. The van der Waals surface area contributed by atoms with E-state index in [9.17, 15) is 20.1 Å².